The van der Waals surface area contributed by atoms with E-state index in [0.717, 1.165) is 5.56 Å². The zero-order valence-electron chi connectivity index (χ0n) is 13.5. The van der Waals surface area contributed by atoms with Crippen LogP contribution in [0.4, 0.5) is 5.95 Å². The Morgan fingerprint density at radius 3 is 2.73 bits per heavy atom. The number of aromatic carboxylic acids is 1. The van der Waals surface area contributed by atoms with Crippen LogP contribution in [0, 0.1) is 0 Å². The van der Waals surface area contributed by atoms with Crippen molar-refractivity contribution in [3.05, 3.63) is 66.0 Å². The van der Waals surface area contributed by atoms with Gasteiger partial charge < -0.3 is 10.4 Å². The third kappa shape index (κ3) is 2.95. The number of anilines is 1. The van der Waals surface area contributed by atoms with Crippen molar-refractivity contribution >= 4 is 22.8 Å². The molecule has 0 unspecified atom stereocenters. The largest absolute Gasteiger partial charge is 0.478 e. The van der Waals surface area contributed by atoms with E-state index in [2.05, 4.69) is 30.5 Å². The number of carboxylic acids is 1. The molecule has 2 aromatic heterocycles. The molecule has 8 heteroatoms. The maximum Gasteiger partial charge on any atom is 0.337 e. The lowest BCUT2D eigenvalue weighted by molar-refractivity contribution is 0.0699. The van der Waals surface area contributed by atoms with Gasteiger partial charge in [-0.25, -0.2) is 14.8 Å². The molecule has 2 heterocycles. The Morgan fingerprint density at radius 1 is 1.08 bits per heavy atom. The van der Waals surface area contributed by atoms with Gasteiger partial charge in [0.15, 0.2) is 5.82 Å². The van der Waals surface area contributed by atoms with Gasteiger partial charge in [0, 0.05) is 11.9 Å². The van der Waals surface area contributed by atoms with Crippen molar-refractivity contribution in [2.24, 2.45) is 0 Å². The number of carboxylic acid groups (broad SMARTS) is 1. The normalized spacial score (nSPS) is 10.8. The summed E-state index contributed by atoms with van der Waals surface area (Å²) in [6, 6.07) is 14.9. The van der Waals surface area contributed by atoms with Crippen LogP contribution >= 0.6 is 0 Å². The molecule has 0 amide bonds. The van der Waals surface area contributed by atoms with Gasteiger partial charge in [0.25, 0.3) is 0 Å². The minimum absolute atomic E-state index is 0.151. The zero-order chi connectivity index (χ0) is 17.9. The second kappa shape index (κ2) is 6.60. The van der Waals surface area contributed by atoms with Crippen molar-refractivity contribution in [1.82, 2.24) is 25.1 Å². The van der Waals surface area contributed by atoms with E-state index in [4.69, 9.17) is 0 Å². The molecular formula is C18H14N6O2. The second-order valence-corrected chi connectivity index (χ2v) is 5.58. The first-order valence-electron chi connectivity index (χ1n) is 7.90. The van der Waals surface area contributed by atoms with E-state index in [1.54, 1.807) is 12.1 Å². The third-order valence-corrected chi connectivity index (χ3v) is 3.91. The van der Waals surface area contributed by atoms with E-state index in [9.17, 15) is 9.90 Å². The molecule has 128 valence electrons. The van der Waals surface area contributed by atoms with Gasteiger partial charge in [0.1, 0.15) is 12.0 Å². The second-order valence-electron chi connectivity index (χ2n) is 5.58. The number of aromatic nitrogens is 5. The number of fused-ring (bicyclic) bond motifs is 1. The van der Waals surface area contributed by atoms with Crippen LogP contribution in [0.5, 0.6) is 0 Å². The fourth-order valence-corrected chi connectivity index (χ4v) is 2.66. The average molecular weight is 346 g/mol. The average Bonchev–Trinajstić information content (AvgIpc) is 3.11. The van der Waals surface area contributed by atoms with Gasteiger partial charge in [-0.3, -0.25) is 5.10 Å². The Morgan fingerprint density at radius 2 is 1.92 bits per heavy atom. The summed E-state index contributed by atoms with van der Waals surface area (Å²) in [5.41, 5.74) is 2.17. The molecular weight excluding hydrogens is 332 g/mol. The first-order chi connectivity index (χ1) is 12.7. The minimum atomic E-state index is -1.02. The van der Waals surface area contributed by atoms with Crippen LogP contribution in [0.3, 0.4) is 0 Å². The molecule has 0 bridgehead atoms. The molecule has 0 saturated carbocycles. The number of carbonyl (C=O) groups is 1. The predicted octanol–water partition coefficient (Wildman–Crippen LogP) is 2.73. The quantitative estimate of drug-likeness (QED) is 0.508. The van der Waals surface area contributed by atoms with Gasteiger partial charge in [-0.05, 0) is 11.6 Å². The fourth-order valence-electron chi connectivity index (χ4n) is 2.66. The highest BCUT2D eigenvalue weighted by atomic mass is 16.4. The van der Waals surface area contributed by atoms with Crippen molar-refractivity contribution < 1.29 is 9.90 Å². The number of benzene rings is 2. The number of hydrogen-bond donors (Lipinski definition) is 3. The van der Waals surface area contributed by atoms with Crippen LogP contribution in [0.1, 0.15) is 15.9 Å². The van der Waals surface area contributed by atoms with E-state index in [0.29, 0.717) is 34.9 Å². The summed E-state index contributed by atoms with van der Waals surface area (Å²) in [5.74, 6) is -0.236. The number of para-hydroxylation sites is 1. The van der Waals surface area contributed by atoms with Crippen molar-refractivity contribution in [2.45, 2.75) is 6.54 Å². The Kier molecular flexibility index (Phi) is 3.98. The molecule has 0 atom stereocenters. The highest BCUT2D eigenvalue weighted by Crippen LogP contribution is 2.26. The molecule has 0 saturated heterocycles. The Labute approximate surface area is 148 Å². The maximum absolute atomic E-state index is 11.3. The summed E-state index contributed by atoms with van der Waals surface area (Å²) < 4.78 is 0. The lowest BCUT2D eigenvalue weighted by Gasteiger charge is -2.05. The van der Waals surface area contributed by atoms with Crippen LogP contribution in [-0.4, -0.2) is 36.2 Å². The van der Waals surface area contributed by atoms with Gasteiger partial charge in [-0.2, -0.15) is 10.1 Å². The van der Waals surface area contributed by atoms with Gasteiger partial charge in [0.2, 0.25) is 5.95 Å². The lowest BCUT2D eigenvalue weighted by Crippen LogP contribution is -2.05. The Hall–Kier alpha value is -3.81. The molecule has 0 radical (unpaired) electrons. The lowest BCUT2D eigenvalue weighted by atomic mass is 10.1. The fraction of sp³-hybridized carbons (Fsp3) is 0.0556. The number of H-pyrrole nitrogens is 1. The molecule has 0 aliphatic carbocycles. The molecule has 4 rings (SSSR count). The van der Waals surface area contributed by atoms with E-state index >= 15 is 0 Å². The zero-order valence-corrected chi connectivity index (χ0v) is 13.5. The number of nitrogens with one attached hydrogen (secondary N) is 2. The highest BCUT2D eigenvalue weighted by Gasteiger charge is 2.16. The molecule has 0 fully saturated rings. The van der Waals surface area contributed by atoms with E-state index in [1.165, 1.54) is 12.4 Å². The summed E-state index contributed by atoms with van der Waals surface area (Å²) in [5, 5.41) is 20.0. The highest BCUT2D eigenvalue weighted by molar-refractivity contribution is 6.05. The number of aromatic amines is 1. The predicted molar refractivity (Wildman–Crippen MR) is 95.6 cm³/mol. The van der Waals surface area contributed by atoms with Crippen molar-refractivity contribution in [3.63, 3.8) is 0 Å². The molecule has 8 nitrogen and oxygen atoms in total. The van der Waals surface area contributed by atoms with Crippen molar-refractivity contribution in [1.29, 1.82) is 0 Å². The minimum Gasteiger partial charge on any atom is -0.478 e. The van der Waals surface area contributed by atoms with Gasteiger partial charge in [0.05, 0.1) is 11.1 Å². The summed E-state index contributed by atoms with van der Waals surface area (Å²) >= 11 is 0. The summed E-state index contributed by atoms with van der Waals surface area (Å²) in [6.07, 6.45) is 1.40. The third-order valence-electron chi connectivity index (χ3n) is 3.91. The van der Waals surface area contributed by atoms with E-state index < -0.39 is 5.97 Å². The number of hydrogen-bond acceptors (Lipinski definition) is 6. The maximum atomic E-state index is 11.3. The SMILES string of the molecule is O=C(O)c1cccc2c(-c3ncnc(NCc4ccccc4)n3)n[nH]c12. The van der Waals surface area contributed by atoms with Gasteiger partial charge in [-0.15, -0.1) is 0 Å². The summed E-state index contributed by atoms with van der Waals surface area (Å²) in [6.45, 7) is 0.578. The molecule has 2 aromatic carbocycles. The van der Waals surface area contributed by atoms with E-state index in [-0.39, 0.29) is 5.56 Å². The number of rotatable bonds is 5. The molecule has 0 spiro atoms. The van der Waals surface area contributed by atoms with Crippen molar-refractivity contribution in [3.8, 4) is 11.5 Å². The summed E-state index contributed by atoms with van der Waals surface area (Å²) in [4.78, 5) is 24.0. The van der Waals surface area contributed by atoms with Crippen LogP contribution in [-0.2, 0) is 6.54 Å². The molecule has 3 N–H and O–H groups in total. The first-order valence-corrected chi connectivity index (χ1v) is 7.90. The molecule has 26 heavy (non-hydrogen) atoms. The van der Waals surface area contributed by atoms with Crippen LogP contribution in [0.25, 0.3) is 22.4 Å². The monoisotopic (exact) mass is 346 g/mol. The molecule has 4 aromatic rings. The number of nitrogens with zero attached hydrogens (tertiary/aromatic N) is 4. The standard InChI is InChI=1S/C18H14N6O2/c25-17(26)13-8-4-7-12-14(13)23-24-15(12)16-20-10-21-18(22-16)19-9-11-5-2-1-3-6-11/h1-8,10H,9H2,(H,23,24)(H,25,26)(H,19,20,21,22). The van der Waals surface area contributed by atoms with E-state index in [1.807, 2.05) is 30.3 Å². The van der Waals surface area contributed by atoms with Gasteiger partial charge in [-0.1, -0.05) is 42.5 Å². The molecule has 0 aliphatic rings. The first kappa shape index (κ1) is 15.7. The Balaban J connectivity index is 1.65. The summed E-state index contributed by atoms with van der Waals surface area (Å²) in [7, 11) is 0. The smallest absolute Gasteiger partial charge is 0.337 e. The van der Waals surface area contributed by atoms with Crippen LogP contribution < -0.4 is 5.32 Å². The Bertz CT molecular complexity index is 1080. The van der Waals surface area contributed by atoms with Crippen molar-refractivity contribution in [2.75, 3.05) is 5.32 Å². The van der Waals surface area contributed by atoms with Crippen LogP contribution in [0.2, 0.25) is 0 Å². The van der Waals surface area contributed by atoms with Crippen LogP contribution in [0.15, 0.2) is 54.9 Å². The van der Waals surface area contributed by atoms with Gasteiger partial charge >= 0.3 is 5.97 Å². The topological polar surface area (TPSA) is 117 Å². The molecule has 0 aliphatic heterocycles.